The molecule has 0 radical (unpaired) electrons. The minimum absolute atomic E-state index is 0.200. The number of aliphatic carboxylic acids is 1. The van der Waals surface area contributed by atoms with Crippen LogP contribution in [0.4, 0.5) is 0 Å². The van der Waals surface area contributed by atoms with Crippen molar-refractivity contribution in [2.24, 2.45) is 0 Å². The second kappa shape index (κ2) is 5.87. The zero-order valence-corrected chi connectivity index (χ0v) is 14.1. The first-order valence-electron chi connectivity index (χ1n) is 8.14. The lowest BCUT2D eigenvalue weighted by Crippen LogP contribution is -2.53. The molecule has 0 spiro atoms. The standard InChI is InChI=1S/C17H16N2O5S/c20-14-9-3-1-2-4-10(9)15(21)19(14)11-7-8-25-13-6-5-12(17(23)24)18(13)16(11)22/h1-4,11-13H,5-8H2,(H,23,24). The molecule has 2 fully saturated rings. The third-order valence-electron chi connectivity index (χ3n) is 5.00. The molecular formula is C17H16N2O5S. The number of carboxylic acids is 1. The Bertz CT molecular complexity index is 760. The van der Waals surface area contributed by atoms with Crippen LogP contribution in [0.5, 0.6) is 0 Å². The summed E-state index contributed by atoms with van der Waals surface area (Å²) in [6.45, 7) is 0. The van der Waals surface area contributed by atoms with E-state index in [1.807, 2.05) is 0 Å². The Morgan fingerprint density at radius 1 is 1.04 bits per heavy atom. The summed E-state index contributed by atoms with van der Waals surface area (Å²) >= 11 is 1.52. The summed E-state index contributed by atoms with van der Waals surface area (Å²) in [5, 5.41) is 9.21. The Morgan fingerprint density at radius 2 is 1.68 bits per heavy atom. The van der Waals surface area contributed by atoms with E-state index >= 15 is 0 Å². The number of carbonyl (C=O) groups is 4. The maximum absolute atomic E-state index is 13.1. The number of amides is 3. The van der Waals surface area contributed by atoms with Crippen LogP contribution in [0.15, 0.2) is 24.3 Å². The van der Waals surface area contributed by atoms with E-state index in [0.717, 1.165) is 4.90 Å². The third-order valence-corrected chi connectivity index (χ3v) is 6.32. The molecule has 1 aromatic carbocycles. The zero-order chi connectivity index (χ0) is 17.7. The van der Waals surface area contributed by atoms with Crippen LogP contribution in [-0.2, 0) is 9.59 Å². The molecule has 1 aromatic rings. The van der Waals surface area contributed by atoms with Gasteiger partial charge in [0.05, 0.1) is 16.5 Å². The monoisotopic (exact) mass is 360 g/mol. The van der Waals surface area contributed by atoms with Crippen LogP contribution in [0.25, 0.3) is 0 Å². The number of carboxylic acid groups (broad SMARTS) is 1. The molecule has 3 aliphatic heterocycles. The van der Waals surface area contributed by atoms with Crippen molar-refractivity contribution in [3.8, 4) is 0 Å². The van der Waals surface area contributed by atoms with Crippen molar-refractivity contribution < 1.29 is 24.3 Å². The number of imide groups is 1. The summed E-state index contributed by atoms with van der Waals surface area (Å²) in [4.78, 5) is 52.3. The first kappa shape index (κ1) is 16.1. The molecule has 1 N–H and O–H groups in total. The number of hydrogen-bond donors (Lipinski definition) is 1. The lowest BCUT2D eigenvalue weighted by atomic mass is 10.1. The highest BCUT2D eigenvalue weighted by molar-refractivity contribution is 7.99. The van der Waals surface area contributed by atoms with Crippen LogP contribution in [0.1, 0.15) is 40.0 Å². The quantitative estimate of drug-likeness (QED) is 0.796. The van der Waals surface area contributed by atoms with E-state index in [1.165, 1.54) is 16.7 Å². The number of fused-ring (bicyclic) bond motifs is 2. The van der Waals surface area contributed by atoms with E-state index in [4.69, 9.17) is 0 Å². The molecule has 3 heterocycles. The van der Waals surface area contributed by atoms with Gasteiger partial charge in [-0.05, 0) is 37.1 Å². The molecule has 0 bridgehead atoms. The van der Waals surface area contributed by atoms with Gasteiger partial charge in [0.25, 0.3) is 11.8 Å². The van der Waals surface area contributed by atoms with Crippen molar-refractivity contribution in [2.45, 2.75) is 36.7 Å². The number of hydrogen-bond acceptors (Lipinski definition) is 5. The third kappa shape index (κ3) is 2.35. The molecule has 25 heavy (non-hydrogen) atoms. The Morgan fingerprint density at radius 3 is 2.28 bits per heavy atom. The molecule has 0 aromatic heterocycles. The highest BCUT2D eigenvalue weighted by Crippen LogP contribution is 2.38. The molecule has 130 valence electrons. The van der Waals surface area contributed by atoms with E-state index in [2.05, 4.69) is 0 Å². The summed E-state index contributed by atoms with van der Waals surface area (Å²) in [5.41, 5.74) is 0.593. The van der Waals surface area contributed by atoms with E-state index < -0.39 is 35.8 Å². The fraction of sp³-hybridized carbons (Fsp3) is 0.412. The Balaban J connectivity index is 1.69. The van der Waals surface area contributed by atoms with Crippen molar-refractivity contribution in [1.29, 1.82) is 0 Å². The van der Waals surface area contributed by atoms with E-state index in [-0.39, 0.29) is 5.37 Å². The zero-order valence-electron chi connectivity index (χ0n) is 13.3. The molecule has 2 saturated heterocycles. The molecule has 3 aliphatic rings. The van der Waals surface area contributed by atoms with Gasteiger partial charge in [-0.3, -0.25) is 19.3 Å². The second-order valence-corrected chi connectivity index (χ2v) is 7.62. The molecule has 3 amide bonds. The SMILES string of the molecule is O=C(O)C1CCC2SCCC(N3C(=O)c4ccccc4C3=O)C(=O)N21. The molecule has 0 aliphatic carbocycles. The van der Waals surface area contributed by atoms with Gasteiger partial charge in [-0.25, -0.2) is 4.79 Å². The smallest absolute Gasteiger partial charge is 0.326 e. The number of thioether (sulfide) groups is 1. The van der Waals surface area contributed by atoms with Gasteiger partial charge in [0.15, 0.2) is 0 Å². The summed E-state index contributed by atoms with van der Waals surface area (Å²) in [7, 11) is 0. The van der Waals surface area contributed by atoms with E-state index in [1.54, 1.807) is 24.3 Å². The van der Waals surface area contributed by atoms with Crippen LogP contribution < -0.4 is 0 Å². The number of nitrogens with zero attached hydrogens (tertiary/aromatic N) is 2. The van der Waals surface area contributed by atoms with Gasteiger partial charge in [-0.2, -0.15) is 0 Å². The Hall–Kier alpha value is -2.35. The summed E-state index contributed by atoms with van der Waals surface area (Å²) in [6, 6.07) is 4.67. The average Bonchev–Trinajstić information content (AvgIpc) is 3.08. The minimum Gasteiger partial charge on any atom is -0.480 e. The Kier molecular flexibility index (Phi) is 3.79. The average molecular weight is 360 g/mol. The number of benzene rings is 1. The highest BCUT2D eigenvalue weighted by Gasteiger charge is 2.50. The predicted molar refractivity (Wildman–Crippen MR) is 89.1 cm³/mol. The normalized spacial score (nSPS) is 28.8. The van der Waals surface area contributed by atoms with E-state index in [0.29, 0.717) is 36.1 Å². The lowest BCUT2D eigenvalue weighted by Gasteiger charge is -2.31. The molecular weight excluding hydrogens is 344 g/mol. The molecule has 3 atom stereocenters. The molecule has 3 unspecified atom stereocenters. The topological polar surface area (TPSA) is 95.0 Å². The first-order chi connectivity index (χ1) is 12.0. The second-order valence-electron chi connectivity index (χ2n) is 6.33. The van der Waals surface area contributed by atoms with Gasteiger partial charge in [0.1, 0.15) is 12.1 Å². The molecule has 8 heteroatoms. The fourth-order valence-corrected chi connectivity index (χ4v) is 5.17. The van der Waals surface area contributed by atoms with Crippen LogP contribution >= 0.6 is 11.8 Å². The molecule has 7 nitrogen and oxygen atoms in total. The van der Waals surface area contributed by atoms with Crippen LogP contribution in [-0.4, -0.2) is 61.8 Å². The first-order valence-corrected chi connectivity index (χ1v) is 9.19. The maximum atomic E-state index is 13.1. The van der Waals surface area contributed by atoms with Crippen molar-refractivity contribution >= 4 is 35.5 Å². The van der Waals surface area contributed by atoms with Crippen molar-refractivity contribution in [2.75, 3.05) is 5.75 Å². The van der Waals surface area contributed by atoms with Gasteiger partial charge in [0.2, 0.25) is 5.91 Å². The molecule has 4 rings (SSSR count). The summed E-state index contributed by atoms with van der Waals surface area (Å²) < 4.78 is 0. The van der Waals surface area contributed by atoms with Gasteiger partial charge in [-0.1, -0.05) is 12.1 Å². The lowest BCUT2D eigenvalue weighted by molar-refractivity contribution is -0.150. The largest absolute Gasteiger partial charge is 0.480 e. The number of rotatable bonds is 2. The van der Waals surface area contributed by atoms with Crippen molar-refractivity contribution in [3.63, 3.8) is 0 Å². The molecule has 0 saturated carbocycles. The van der Waals surface area contributed by atoms with Gasteiger partial charge in [0, 0.05) is 0 Å². The van der Waals surface area contributed by atoms with Crippen molar-refractivity contribution in [3.05, 3.63) is 35.4 Å². The van der Waals surface area contributed by atoms with Gasteiger partial charge >= 0.3 is 5.97 Å². The fourth-order valence-electron chi connectivity index (χ4n) is 3.82. The van der Waals surface area contributed by atoms with E-state index in [9.17, 15) is 24.3 Å². The van der Waals surface area contributed by atoms with Crippen LogP contribution in [0.3, 0.4) is 0 Å². The summed E-state index contributed by atoms with van der Waals surface area (Å²) in [6.07, 6.45) is 1.35. The Labute approximate surface area is 148 Å². The van der Waals surface area contributed by atoms with Crippen LogP contribution in [0.2, 0.25) is 0 Å². The predicted octanol–water partition coefficient (Wildman–Crippen LogP) is 1.19. The van der Waals surface area contributed by atoms with Gasteiger partial charge in [-0.15, -0.1) is 11.8 Å². The van der Waals surface area contributed by atoms with Gasteiger partial charge < -0.3 is 10.0 Å². The maximum Gasteiger partial charge on any atom is 0.326 e. The van der Waals surface area contributed by atoms with Crippen molar-refractivity contribution in [1.82, 2.24) is 9.80 Å². The highest BCUT2D eigenvalue weighted by atomic mass is 32.2. The minimum atomic E-state index is -1.04. The number of carbonyl (C=O) groups excluding carboxylic acids is 3. The summed E-state index contributed by atoms with van der Waals surface area (Å²) in [5.74, 6) is -1.84. The van der Waals surface area contributed by atoms with Crippen LogP contribution in [0, 0.1) is 0 Å².